The molecule has 0 saturated heterocycles. The molecule has 1 aromatic carbocycles. The summed E-state index contributed by atoms with van der Waals surface area (Å²) in [5, 5.41) is 11.0. The van der Waals surface area contributed by atoms with Gasteiger partial charge in [-0.25, -0.2) is 4.39 Å². The van der Waals surface area contributed by atoms with Gasteiger partial charge in [-0.1, -0.05) is 30.0 Å². The quantitative estimate of drug-likeness (QED) is 0.371. The van der Waals surface area contributed by atoms with Crippen LogP contribution in [0.5, 0.6) is 5.75 Å². The third kappa shape index (κ3) is 6.10. The molecule has 0 bridgehead atoms. The highest BCUT2D eigenvalue weighted by atomic mass is 32.2. The van der Waals surface area contributed by atoms with Crippen LogP contribution in [-0.4, -0.2) is 46.0 Å². The van der Waals surface area contributed by atoms with Gasteiger partial charge in [0.15, 0.2) is 22.5 Å². The highest BCUT2D eigenvalue weighted by molar-refractivity contribution is 7.99. The van der Waals surface area contributed by atoms with Gasteiger partial charge in [-0.05, 0) is 12.1 Å². The maximum atomic E-state index is 13.6. The number of aromatic nitrogens is 3. The van der Waals surface area contributed by atoms with E-state index in [2.05, 4.69) is 26.8 Å². The number of allylic oxidation sites excluding steroid dienone is 1. The fraction of sp³-hybridized carbons (Fsp3) is 0.294. The number of hydrogen-bond acceptors (Lipinski definition) is 7. The van der Waals surface area contributed by atoms with E-state index in [1.165, 1.54) is 19.2 Å². The highest BCUT2D eigenvalue weighted by Crippen LogP contribution is 2.20. The minimum Gasteiger partial charge on any atom is -0.483 e. The van der Waals surface area contributed by atoms with Crippen molar-refractivity contribution < 1.29 is 23.5 Å². The van der Waals surface area contributed by atoms with Gasteiger partial charge in [-0.2, -0.15) is 0 Å². The number of halogens is 1. The van der Waals surface area contributed by atoms with Gasteiger partial charge in [0.2, 0.25) is 5.91 Å². The first-order valence-corrected chi connectivity index (χ1v) is 8.90. The number of benzene rings is 1. The Labute approximate surface area is 159 Å². The molecule has 8 nitrogen and oxygen atoms in total. The molecule has 0 radical (unpaired) electrons. The molecule has 0 atom stereocenters. The van der Waals surface area contributed by atoms with Crippen molar-refractivity contribution in [1.29, 1.82) is 0 Å². The Kier molecular flexibility index (Phi) is 7.80. The van der Waals surface area contributed by atoms with E-state index in [4.69, 9.17) is 4.74 Å². The number of carbonyl (C=O) groups excluding carboxylic acids is 2. The normalized spacial score (nSPS) is 10.3. The predicted molar refractivity (Wildman–Crippen MR) is 96.7 cm³/mol. The number of nitrogens with one attached hydrogen (secondary N) is 1. The molecule has 1 amide bonds. The van der Waals surface area contributed by atoms with Crippen LogP contribution in [-0.2, 0) is 27.5 Å². The van der Waals surface area contributed by atoms with Gasteiger partial charge in [0.25, 0.3) is 0 Å². The first-order chi connectivity index (χ1) is 13.0. The maximum absolute atomic E-state index is 13.6. The molecule has 0 unspecified atom stereocenters. The smallest absolute Gasteiger partial charge is 0.325 e. The number of thioether (sulfide) groups is 1. The Balaban J connectivity index is 1.97. The molecule has 2 aromatic rings. The molecule has 1 aromatic heterocycles. The Morgan fingerprint density at radius 1 is 1.37 bits per heavy atom. The van der Waals surface area contributed by atoms with Crippen molar-refractivity contribution in [1.82, 2.24) is 20.1 Å². The third-order valence-corrected chi connectivity index (χ3v) is 4.26. The van der Waals surface area contributed by atoms with Crippen molar-refractivity contribution in [2.75, 3.05) is 19.4 Å². The monoisotopic (exact) mass is 394 g/mol. The van der Waals surface area contributed by atoms with E-state index in [0.717, 1.165) is 11.8 Å². The minimum absolute atomic E-state index is 0.0108. The van der Waals surface area contributed by atoms with Crippen molar-refractivity contribution in [3.63, 3.8) is 0 Å². The lowest BCUT2D eigenvalue weighted by atomic mass is 10.3. The van der Waals surface area contributed by atoms with E-state index >= 15 is 0 Å². The van der Waals surface area contributed by atoms with Crippen LogP contribution in [0.15, 0.2) is 42.1 Å². The summed E-state index contributed by atoms with van der Waals surface area (Å²) in [6.07, 6.45) is 1.65. The van der Waals surface area contributed by atoms with E-state index in [-0.39, 0.29) is 30.6 Å². The summed E-state index contributed by atoms with van der Waals surface area (Å²) >= 11 is 1.15. The summed E-state index contributed by atoms with van der Waals surface area (Å²) < 4.78 is 25.3. The second kappa shape index (κ2) is 10.3. The van der Waals surface area contributed by atoms with E-state index < -0.39 is 11.8 Å². The highest BCUT2D eigenvalue weighted by Gasteiger charge is 2.15. The van der Waals surface area contributed by atoms with Crippen molar-refractivity contribution in [2.24, 2.45) is 0 Å². The van der Waals surface area contributed by atoms with E-state index in [0.29, 0.717) is 17.5 Å². The van der Waals surface area contributed by atoms with Gasteiger partial charge in [0, 0.05) is 6.54 Å². The molecule has 0 aliphatic rings. The van der Waals surface area contributed by atoms with E-state index in [1.807, 2.05) is 0 Å². The second-order valence-electron chi connectivity index (χ2n) is 5.16. The first-order valence-electron chi connectivity index (χ1n) is 7.91. The van der Waals surface area contributed by atoms with Crippen LogP contribution in [0.2, 0.25) is 0 Å². The van der Waals surface area contributed by atoms with Crippen LogP contribution < -0.4 is 10.1 Å². The Morgan fingerprint density at radius 3 is 2.85 bits per heavy atom. The van der Waals surface area contributed by atoms with Crippen LogP contribution in [0.3, 0.4) is 0 Å². The van der Waals surface area contributed by atoms with Crippen LogP contribution in [0.4, 0.5) is 4.39 Å². The molecule has 0 aliphatic carbocycles. The predicted octanol–water partition coefficient (Wildman–Crippen LogP) is 1.56. The van der Waals surface area contributed by atoms with Gasteiger partial charge in [0.05, 0.1) is 12.9 Å². The van der Waals surface area contributed by atoms with Crippen LogP contribution >= 0.6 is 11.8 Å². The van der Waals surface area contributed by atoms with Crippen LogP contribution in [0.1, 0.15) is 5.82 Å². The zero-order valence-corrected chi connectivity index (χ0v) is 15.5. The molecule has 0 aliphatic heterocycles. The molecule has 2 rings (SSSR count). The Morgan fingerprint density at radius 2 is 2.15 bits per heavy atom. The van der Waals surface area contributed by atoms with E-state index in [9.17, 15) is 14.0 Å². The number of hydrogen-bond donors (Lipinski definition) is 1. The largest absolute Gasteiger partial charge is 0.483 e. The second-order valence-corrected chi connectivity index (χ2v) is 6.10. The number of nitrogens with zero attached hydrogens (tertiary/aromatic N) is 3. The van der Waals surface area contributed by atoms with Gasteiger partial charge < -0.3 is 14.8 Å². The summed E-state index contributed by atoms with van der Waals surface area (Å²) in [6.45, 7) is 3.90. The Hall–Kier alpha value is -2.88. The van der Waals surface area contributed by atoms with Crippen molar-refractivity contribution in [2.45, 2.75) is 18.3 Å². The lowest BCUT2D eigenvalue weighted by molar-refractivity contribution is -0.140. The summed E-state index contributed by atoms with van der Waals surface area (Å²) in [4.78, 5) is 22.8. The van der Waals surface area contributed by atoms with Gasteiger partial charge >= 0.3 is 5.97 Å². The van der Waals surface area contributed by atoms with Crippen LogP contribution in [0.25, 0.3) is 0 Å². The number of methoxy groups -OCH3 is 1. The Bertz CT molecular complexity index is 812. The molecule has 144 valence electrons. The maximum Gasteiger partial charge on any atom is 0.325 e. The zero-order chi connectivity index (χ0) is 19.6. The molecular formula is C17H19FN4O4S. The summed E-state index contributed by atoms with van der Waals surface area (Å²) in [6, 6.07) is 6.06. The van der Waals surface area contributed by atoms with Gasteiger partial charge in [-0.3, -0.25) is 14.2 Å². The van der Waals surface area contributed by atoms with Crippen molar-refractivity contribution in [3.8, 4) is 5.75 Å². The lowest BCUT2D eigenvalue weighted by Crippen LogP contribution is -2.31. The molecule has 0 spiro atoms. The number of para-hydroxylation sites is 1. The molecular weight excluding hydrogens is 375 g/mol. The van der Waals surface area contributed by atoms with Crippen molar-refractivity contribution >= 4 is 23.6 Å². The molecule has 10 heteroatoms. The molecule has 0 fully saturated rings. The lowest BCUT2D eigenvalue weighted by Gasteiger charge is -2.09. The SMILES string of the molecule is C=CCn1c(COc2ccccc2F)nnc1SCC(=O)NCC(=O)OC. The molecule has 27 heavy (non-hydrogen) atoms. The summed E-state index contributed by atoms with van der Waals surface area (Å²) in [7, 11) is 1.24. The van der Waals surface area contributed by atoms with Crippen molar-refractivity contribution in [3.05, 3.63) is 48.6 Å². The molecule has 0 saturated carbocycles. The fourth-order valence-corrected chi connectivity index (χ4v) is 2.77. The number of rotatable bonds is 10. The average Bonchev–Trinajstić information content (AvgIpc) is 3.05. The fourth-order valence-electron chi connectivity index (χ4n) is 1.97. The zero-order valence-electron chi connectivity index (χ0n) is 14.7. The van der Waals surface area contributed by atoms with E-state index in [1.54, 1.807) is 22.8 Å². The average molecular weight is 394 g/mol. The number of amides is 1. The number of esters is 1. The van der Waals surface area contributed by atoms with Crippen LogP contribution in [0, 0.1) is 5.82 Å². The topological polar surface area (TPSA) is 95.3 Å². The minimum atomic E-state index is -0.532. The molecule has 1 heterocycles. The standard InChI is InChI=1S/C17H19FN4O4S/c1-3-8-22-14(10-26-13-7-5-4-6-12(13)18)20-21-17(22)27-11-15(23)19-9-16(24)25-2/h3-7H,1,8-11H2,2H3,(H,19,23). The number of carbonyl (C=O) groups is 2. The number of ether oxygens (including phenoxy) is 2. The molecule has 1 N–H and O–H groups in total. The van der Waals surface area contributed by atoms with Gasteiger partial charge in [0.1, 0.15) is 13.2 Å². The summed E-state index contributed by atoms with van der Waals surface area (Å²) in [5.41, 5.74) is 0. The first kappa shape index (κ1) is 20.4. The summed E-state index contributed by atoms with van der Waals surface area (Å²) in [5.74, 6) is -0.722. The third-order valence-electron chi connectivity index (χ3n) is 3.29. The van der Waals surface area contributed by atoms with Gasteiger partial charge in [-0.15, -0.1) is 16.8 Å².